The topological polar surface area (TPSA) is 58.6 Å². The summed E-state index contributed by atoms with van der Waals surface area (Å²) in [6.45, 7) is 12.7. The van der Waals surface area contributed by atoms with Crippen LogP contribution in [0.15, 0.2) is 0 Å². The first-order valence-electron chi connectivity index (χ1n) is 6.11. The zero-order valence-electron chi connectivity index (χ0n) is 12.7. The smallest absolute Gasteiger partial charge is 0.410 e. The van der Waals surface area contributed by atoms with Crippen molar-refractivity contribution >= 4 is 12.0 Å². The lowest BCUT2D eigenvalue weighted by Gasteiger charge is -2.30. The van der Waals surface area contributed by atoms with E-state index in [0.29, 0.717) is 0 Å². The van der Waals surface area contributed by atoms with Gasteiger partial charge >= 0.3 is 6.09 Å². The van der Waals surface area contributed by atoms with Crippen molar-refractivity contribution in [3.05, 3.63) is 0 Å². The highest BCUT2D eigenvalue weighted by Gasteiger charge is 2.28. The standard InChI is InChI=1S/C13H26N2O3/c1-9(10(16)14-12(2,3)4)15(8)11(17)18-13(5,6)7/h9H,1-8H3,(H,14,16). The van der Waals surface area contributed by atoms with Gasteiger partial charge in [0.05, 0.1) is 0 Å². The molecule has 0 fully saturated rings. The third-order valence-corrected chi connectivity index (χ3v) is 2.14. The predicted molar refractivity (Wildman–Crippen MR) is 71.4 cm³/mol. The number of nitrogens with zero attached hydrogens (tertiary/aromatic N) is 1. The van der Waals surface area contributed by atoms with Crippen molar-refractivity contribution in [2.24, 2.45) is 0 Å². The molecule has 18 heavy (non-hydrogen) atoms. The number of likely N-dealkylation sites (N-methyl/N-ethyl adjacent to an activating group) is 1. The predicted octanol–water partition coefficient (Wildman–Crippen LogP) is 2.16. The summed E-state index contributed by atoms with van der Waals surface area (Å²) in [6.07, 6.45) is -0.501. The molecule has 0 aliphatic rings. The molecule has 0 aromatic carbocycles. The molecule has 0 saturated heterocycles. The third-order valence-electron chi connectivity index (χ3n) is 2.14. The molecule has 5 nitrogen and oxygen atoms in total. The molecule has 0 heterocycles. The number of nitrogens with one attached hydrogen (secondary N) is 1. The fourth-order valence-corrected chi connectivity index (χ4v) is 1.14. The van der Waals surface area contributed by atoms with E-state index in [4.69, 9.17) is 4.74 Å². The molecule has 0 bridgehead atoms. The maximum atomic E-state index is 11.9. The third kappa shape index (κ3) is 6.47. The van der Waals surface area contributed by atoms with Crippen LogP contribution in [0.4, 0.5) is 4.79 Å². The summed E-state index contributed by atoms with van der Waals surface area (Å²) >= 11 is 0. The van der Waals surface area contributed by atoms with Crippen molar-refractivity contribution in [2.45, 2.75) is 65.6 Å². The molecule has 0 aromatic rings. The van der Waals surface area contributed by atoms with Crippen molar-refractivity contribution in [1.82, 2.24) is 10.2 Å². The van der Waals surface area contributed by atoms with Crippen LogP contribution in [0.25, 0.3) is 0 Å². The van der Waals surface area contributed by atoms with Crippen LogP contribution in [0.3, 0.4) is 0 Å². The Labute approximate surface area is 110 Å². The van der Waals surface area contributed by atoms with E-state index in [9.17, 15) is 9.59 Å². The number of hydrogen-bond acceptors (Lipinski definition) is 3. The second kappa shape index (κ2) is 5.59. The highest BCUT2D eigenvalue weighted by Crippen LogP contribution is 2.11. The molecule has 1 N–H and O–H groups in total. The van der Waals surface area contributed by atoms with Gasteiger partial charge in [0, 0.05) is 12.6 Å². The normalized spacial score (nSPS) is 13.8. The van der Waals surface area contributed by atoms with Crippen molar-refractivity contribution in [3.63, 3.8) is 0 Å². The van der Waals surface area contributed by atoms with Gasteiger partial charge in [-0.1, -0.05) is 0 Å². The minimum atomic E-state index is -0.570. The largest absolute Gasteiger partial charge is 0.444 e. The van der Waals surface area contributed by atoms with Gasteiger partial charge in [-0.05, 0) is 48.5 Å². The first kappa shape index (κ1) is 16.7. The van der Waals surface area contributed by atoms with Crippen molar-refractivity contribution < 1.29 is 14.3 Å². The maximum absolute atomic E-state index is 11.9. The average Bonchev–Trinajstić information content (AvgIpc) is 2.09. The lowest BCUT2D eigenvalue weighted by atomic mass is 10.1. The van der Waals surface area contributed by atoms with Gasteiger partial charge in [-0.25, -0.2) is 4.79 Å². The van der Waals surface area contributed by atoms with Gasteiger partial charge in [-0.2, -0.15) is 0 Å². The Kier molecular flexibility index (Phi) is 5.20. The minimum Gasteiger partial charge on any atom is -0.444 e. The molecule has 0 aromatic heterocycles. The van der Waals surface area contributed by atoms with Gasteiger partial charge in [-0.15, -0.1) is 0 Å². The molecule has 5 heteroatoms. The Morgan fingerprint density at radius 2 is 1.56 bits per heavy atom. The lowest BCUT2D eigenvalue weighted by molar-refractivity contribution is -0.126. The quantitative estimate of drug-likeness (QED) is 0.825. The fourth-order valence-electron chi connectivity index (χ4n) is 1.14. The molecule has 1 unspecified atom stereocenters. The van der Waals surface area contributed by atoms with E-state index in [2.05, 4.69) is 5.32 Å². The Morgan fingerprint density at radius 3 is 1.89 bits per heavy atom. The summed E-state index contributed by atoms with van der Waals surface area (Å²) in [5.41, 5.74) is -0.883. The van der Waals surface area contributed by atoms with Crippen LogP contribution in [-0.2, 0) is 9.53 Å². The van der Waals surface area contributed by atoms with Gasteiger partial charge in [0.1, 0.15) is 11.6 Å². The Bertz CT molecular complexity index is 281. The maximum Gasteiger partial charge on any atom is 0.410 e. The van der Waals surface area contributed by atoms with Crippen LogP contribution in [0.2, 0.25) is 0 Å². The van der Waals surface area contributed by atoms with E-state index in [1.807, 2.05) is 20.8 Å². The summed E-state index contributed by atoms with van der Waals surface area (Å²) in [4.78, 5) is 25.0. The minimum absolute atomic E-state index is 0.198. The molecule has 0 spiro atoms. The van der Waals surface area contributed by atoms with Crippen molar-refractivity contribution in [2.75, 3.05) is 7.05 Å². The monoisotopic (exact) mass is 258 g/mol. The number of carbonyl (C=O) groups is 2. The van der Waals surface area contributed by atoms with E-state index in [-0.39, 0.29) is 11.4 Å². The highest BCUT2D eigenvalue weighted by atomic mass is 16.6. The number of hydrogen-bond donors (Lipinski definition) is 1. The van der Waals surface area contributed by atoms with Crippen LogP contribution >= 0.6 is 0 Å². The SMILES string of the molecule is CC(C(=O)NC(C)(C)C)N(C)C(=O)OC(C)(C)C. The first-order chi connectivity index (χ1) is 7.83. The van der Waals surface area contributed by atoms with E-state index in [1.165, 1.54) is 4.90 Å². The van der Waals surface area contributed by atoms with Crippen LogP contribution < -0.4 is 5.32 Å². The van der Waals surface area contributed by atoms with Crippen LogP contribution in [0.1, 0.15) is 48.5 Å². The molecule has 2 amide bonds. The van der Waals surface area contributed by atoms with Crippen LogP contribution in [0, 0.1) is 0 Å². The van der Waals surface area contributed by atoms with Crippen molar-refractivity contribution in [3.8, 4) is 0 Å². The number of carbonyl (C=O) groups excluding carboxylic acids is 2. The van der Waals surface area contributed by atoms with Crippen LogP contribution in [0.5, 0.6) is 0 Å². The lowest BCUT2D eigenvalue weighted by Crippen LogP contribution is -2.52. The van der Waals surface area contributed by atoms with E-state index < -0.39 is 17.7 Å². The Morgan fingerprint density at radius 1 is 1.11 bits per heavy atom. The van der Waals surface area contributed by atoms with E-state index >= 15 is 0 Å². The second-order valence-corrected chi connectivity index (χ2v) is 6.51. The number of rotatable bonds is 2. The van der Waals surface area contributed by atoms with Crippen molar-refractivity contribution in [1.29, 1.82) is 0 Å². The number of ether oxygens (including phenoxy) is 1. The molecule has 0 aliphatic carbocycles. The second-order valence-electron chi connectivity index (χ2n) is 6.51. The Balaban J connectivity index is 4.55. The molecule has 0 radical (unpaired) electrons. The molecule has 0 rings (SSSR count). The van der Waals surface area contributed by atoms with Gasteiger partial charge in [0.15, 0.2) is 0 Å². The van der Waals surface area contributed by atoms with Gasteiger partial charge < -0.3 is 10.1 Å². The molecular weight excluding hydrogens is 232 g/mol. The molecule has 106 valence electrons. The molecular formula is C13H26N2O3. The summed E-state index contributed by atoms with van der Waals surface area (Å²) < 4.78 is 5.21. The molecule has 1 atom stereocenters. The summed E-state index contributed by atoms with van der Waals surface area (Å²) in [6, 6.07) is -0.570. The first-order valence-corrected chi connectivity index (χ1v) is 6.11. The highest BCUT2D eigenvalue weighted by molar-refractivity contribution is 5.85. The average molecular weight is 258 g/mol. The van der Waals surface area contributed by atoms with E-state index in [1.54, 1.807) is 34.7 Å². The zero-order valence-corrected chi connectivity index (χ0v) is 12.7. The summed E-state index contributed by atoms with van der Waals surface area (Å²) in [5.74, 6) is -0.198. The fraction of sp³-hybridized carbons (Fsp3) is 0.846. The van der Waals surface area contributed by atoms with Gasteiger partial charge in [-0.3, -0.25) is 9.69 Å². The summed E-state index contributed by atoms with van der Waals surface area (Å²) in [7, 11) is 1.56. The summed E-state index contributed by atoms with van der Waals surface area (Å²) in [5, 5.41) is 2.83. The van der Waals surface area contributed by atoms with Gasteiger partial charge in [0.2, 0.25) is 5.91 Å². The molecule has 0 saturated carbocycles. The van der Waals surface area contributed by atoms with Crippen LogP contribution in [-0.4, -0.2) is 41.1 Å². The Hall–Kier alpha value is -1.26. The van der Waals surface area contributed by atoms with Gasteiger partial charge in [0.25, 0.3) is 0 Å². The molecule has 0 aliphatic heterocycles. The van der Waals surface area contributed by atoms with E-state index in [0.717, 1.165) is 0 Å². The zero-order chi connectivity index (χ0) is 14.7. The number of amides is 2.